The second-order valence-corrected chi connectivity index (χ2v) is 8.36. The van der Waals surface area contributed by atoms with Crippen LogP contribution in [0.4, 0.5) is 11.6 Å². The van der Waals surface area contributed by atoms with Crippen molar-refractivity contribution in [2.45, 2.75) is 45.7 Å². The summed E-state index contributed by atoms with van der Waals surface area (Å²) in [7, 11) is 3.62. The number of likely N-dealkylation sites (N-methyl/N-ethyl adjacent to an activating group) is 1. The molecular weight excluding hydrogens is 406 g/mol. The van der Waals surface area contributed by atoms with E-state index in [1.807, 2.05) is 42.5 Å². The molecular formula is C23H33N7O2. The topological polar surface area (TPSA) is 99.3 Å². The molecule has 0 bridgehead atoms. The molecule has 1 unspecified atom stereocenters. The highest BCUT2D eigenvalue weighted by atomic mass is 16.5. The van der Waals surface area contributed by atoms with Crippen LogP contribution in [-0.4, -0.2) is 72.0 Å². The first-order valence-electron chi connectivity index (χ1n) is 11.1. The van der Waals surface area contributed by atoms with Gasteiger partial charge in [0.25, 0.3) is 0 Å². The molecule has 3 heterocycles. The van der Waals surface area contributed by atoms with Crippen LogP contribution in [0.3, 0.4) is 0 Å². The van der Waals surface area contributed by atoms with Crippen LogP contribution in [0.1, 0.15) is 36.1 Å². The van der Waals surface area contributed by atoms with E-state index >= 15 is 0 Å². The van der Waals surface area contributed by atoms with Crippen molar-refractivity contribution in [3.05, 3.63) is 35.2 Å². The van der Waals surface area contributed by atoms with E-state index in [1.165, 1.54) is 0 Å². The lowest BCUT2D eigenvalue weighted by Crippen LogP contribution is -2.42. The fourth-order valence-corrected chi connectivity index (χ4v) is 4.39. The first kappa shape index (κ1) is 23.7. The molecule has 0 spiro atoms. The molecule has 0 aliphatic carbocycles. The van der Waals surface area contributed by atoms with Crippen LogP contribution in [0.25, 0.3) is 0 Å². The summed E-state index contributed by atoms with van der Waals surface area (Å²) in [5.74, 6) is 1.34. The first-order valence-corrected chi connectivity index (χ1v) is 11.1. The highest BCUT2D eigenvalue weighted by Crippen LogP contribution is 2.27. The summed E-state index contributed by atoms with van der Waals surface area (Å²) in [4.78, 5) is 17.2. The average Bonchev–Trinajstić information content (AvgIpc) is 3.32. The summed E-state index contributed by atoms with van der Waals surface area (Å²) in [6, 6.07) is 6.42. The molecule has 1 atom stereocenters. The van der Waals surface area contributed by atoms with Gasteiger partial charge >= 0.3 is 0 Å². The molecule has 9 heteroatoms. The molecule has 1 aliphatic heterocycles. The summed E-state index contributed by atoms with van der Waals surface area (Å²) in [5, 5.41) is 20.9. The van der Waals surface area contributed by atoms with Crippen LogP contribution in [0.15, 0.2) is 18.3 Å². The maximum Gasteiger partial charge on any atom is 0.239 e. The molecule has 1 saturated heterocycles. The van der Waals surface area contributed by atoms with Crippen molar-refractivity contribution in [2.75, 3.05) is 50.6 Å². The molecule has 2 aromatic heterocycles. The quantitative estimate of drug-likeness (QED) is 0.567. The van der Waals surface area contributed by atoms with Crippen molar-refractivity contribution < 1.29 is 9.53 Å². The predicted octanol–water partition coefficient (Wildman–Crippen LogP) is 2.34. The number of nitrogens with one attached hydrogen (secondary N) is 1. The van der Waals surface area contributed by atoms with Crippen molar-refractivity contribution >= 4 is 17.5 Å². The van der Waals surface area contributed by atoms with E-state index in [-0.39, 0.29) is 12.5 Å². The van der Waals surface area contributed by atoms with Gasteiger partial charge in [0.15, 0.2) is 5.82 Å². The summed E-state index contributed by atoms with van der Waals surface area (Å²) >= 11 is 0. The van der Waals surface area contributed by atoms with Gasteiger partial charge in [0, 0.05) is 51.3 Å². The molecule has 9 nitrogen and oxygen atoms in total. The van der Waals surface area contributed by atoms with Gasteiger partial charge in [-0.2, -0.15) is 10.4 Å². The lowest BCUT2D eigenvalue weighted by Gasteiger charge is -2.29. The van der Waals surface area contributed by atoms with Crippen LogP contribution >= 0.6 is 0 Å². The number of carbonyl (C=O) groups is 1. The van der Waals surface area contributed by atoms with E-state index < -0.39 is 0 Å². The number of rotatable bonds is 10. The minimum Gasteiger partial charge on any atom is -0.385 e. The van der Waals surface area contributed by atoms with Crippen LogP contribution in [-0.2, 0) is 16.1 Å². The number of aromatic nitrogens is 3. The predicted molar refractivity (Wildman–Crippen MR) is 124 cm³/mol. The van der Waals surface area contributed by atoms with Crippen LogP contribution < -0.4 is 10.2 Å². The SMILES string of the molecule is COCCCn1c(C)c(C)c(C#N)c1NC(=O)CN(C)CC1CCCN1c1cccnn1. The van der Waals surface area contributed by atoms with Crippen molar-refractivity contribution in [1.29, 1.82) is 5.26 Å². The van der Waals surface area contributed by atoms with E-state index in [0.717, 1.165) is 49.4 Å². The Hall–Kier alpha value is -2.96. The van der Waals surface area contributed by atoms with Crippen LogP contribution in [0, 0.1) is 25.2 Å². The number of amides is 1. The van der Waals surface area contributed by atoms with Gasteiger partial charge in [-0.25, -0.2) is 0 Å². The Morgan fingerprint density at radius 2 is 2.25 bits per heavy atom. The number of nitriles is 1. The zero-order valence-corrected chi connectivity index (χ0v) is 19.5. The Balaban J connectivity index is 1.64. The maximum atomic E-state index is 12.9. The largest absolute Gasteiger partial charge is 0.385 e. The minimum atomic E-state index is -0.126. The van der Waals surface area contributed by atoms with Crippen molar-refractivity contribution in [3.8, 4) is 6.07 Å². The molecule has 1 fully saturated rings. The fraction of sp³-hybridized carbons (Fsp3) is 0.565. The lowest BCUT2D eigenvalue weighted by molar-refractivity contribution is -0.117. The smallest absolute Gasteiger partial charge is 0.239 e. The molecule has 3 rings (SSSR count). The molecule has 0 aromatic carbocycles. The number of hydrogen-bond donors (Lipinski definition) is 1. The second kappa shape index (κ2) is 11.1. The van der Waals surface area contributed by atoms with E-state index in [1.54, 1.807) is 13.3 Å². The maximum absolute atomic E-state index is 12.9. The van der Waals surface area contributed by atoms with Gasteiger partial charge < -0.3 is 19.5 Å². The van der Waals surface area contributed by atoms with Gasteiger partial charge in [-0.1, -0.05) is 0 Å². The fourth-order valence-electron chi connectivity index (χ4n) is 4.39. The summed E-state index contributed by atoms with van der Waals surface area (Å²) in [5.41, 5.74) is 2.42. The number of carbonyl (C=O) groups excluding carboxylic acids is 1. The third-order valence-electron chi connectivity index (χ3n) is 6.09. The molecule has 0 radical (unpaired) electrons. The highest BCUT2D eigenvalue weighted by molar-refractivity contribution is 5.93. The molecule has 1 N–H and O–H groups in total. The number of ether oxygens (including phenoxy) is 1. The summed E-state index contributed by atoms with van der Waals surface area (Å²) < 4.78 is 7.17. The Labute approximate surface area is 190 Å². The summed E-state index contributed by atoms with van der Waals surface area (Å²) in [6.07, 6.45) is 4.64. The number of hydrogen-bond acceptors (Lipinski definition) is 7. The standard InChI is InChI=1S/C23H33N7O2/c1-17-18(2)29(12-7-13-32-4)23(20(17)14-24)26-22(31)16-28(3)15-19-8-6-11-30(19)21-9-5-10-25-27-21/h5,9-10,19H,6-8,11-13,15-16H2,1-4H3,(H,26,31). The van der Waals surface area contributed by atoms with Crippen molar-refractivity contribution in [1.82, 2.24) is 19.7 Å². The van der Waals surface area contributed by atoms with E-state index in [4.69, 9.17) is 4.74 Å². The Morgan fingerprint density at radius 3 is 2.94 bits per heavy atom. The van der Waals surface area contributed by atoms with E-state index in [9.17, 15) is 10.1 Å². The van der Waals surface area contributed by atoms with Gasteiger partial charge in [-0.15, -0.1) is 5.10 Å². The van der Waals surface area contributed by atoms with Crippen LogP contribution in [0.2, 0.25) is 0 Å². The molecule has 0 saturated carbocycles. The zero-order chi connectivity index (χ0) is 23.1. The molecule has 1 amide bonds. The van der Waals surface area contributed by atoms with Gasteiger partial charge in [-0.3, -0.25) is 9.69 Å². The third kappa shape index (κ3) is 5.44. The van der Waals surface area contributed by atoms with Gasteiger partial charge in [-0.05, 0) is 57.9 Å². The monoisotopic (exact) mass is 439 g/mol. The first-order chi connectivity index (χ1) is 15.5. The third-order valence-corrected chi connectivity index (χ3v) is 6.09. The van der Waals surface area contributed by atoms with Crippen LogP contribution in [0.5, 0.6) is 0 Å². The normalized spacial score (nSPS) is 15.9. The molecule has 1 aliphatic rings. The molecule has 32 heavy (non-hydrogen) atoms. The van der Waals surface area contributed by atoms with E-state index in [2.05, 4.69) is 26.5 Å². The number of nitrogens with zero attached hydrogens (tertiary/aromatic N) is 6. The number of methoxy groups -OCH3 is 1. The highest BCUT2D eigenvalue weighted by Gasteiger charge is 2.27. The van der Waals surface area contributed by atoms with Crippen molar-refractivity contribution in [2.24, 2.45) is 0 Å². The molecule has 172 valence electrons. The van der Waals surface area contributed by atoms with E-state index in [0.29, 0.717) is 30.6 Å². The molecule has 2 aromatic rings. The summed E-state index contributed by atoms with van der Waals surface area (Å²) in [6.45, 7) is 7.15. The minimum absolute atomic E-state index is 0.126. The van der Waals surface area contributed by atoms with Crippen molar-refractivity contribution in [3.63, 3.8) is 0 Å². The Morgan fingerprint density at radius 1 is 1.44 bits per heavy atom. The number of anilines is 2. The van der Waals surface area contributed by atoms with Gasteiger partial charge in [0.2, 0.25) is 5.91 Å². The lowest BCUT2D eigenvalue weighted by atomic mass is 10.2. The van der Waals surface area contributed by atoms with Gasteiger partial charge in [0.05, 0.1) is 12.1 Å². The Kier molecular flexibility index (Phi) is 8.20. The average molecular weight is 440 g/mol. The zero-order valence-electron chi connectivity index (χ0n) is 19.5. The van der Waals surface area contributed by atoms with Gasteiger partial charge in [0.1, 0.15) is 11.9 Å². The second-order valence-electron chi connectivity index (χ2n) is 8.36. The Bertz CT molecular complexity index is 951.